The van der Waals surface area contributed by atoms with Crippen LogP contribution >= 0.6 is 0 Å². The second-order valence-corrected chi connectivity index (χ2v) is 6.27. The van der Waals surface area contributed by atoms with Crippen molar-refractivity contribution in [3.05, 3.63) is 48.3 Å². The monoisotopic (exact) mass is 354 g/mol. The maximum absolute atomic E-state index is 12.1. The fraction of sp³-hybridized carbons (Fsp3) is 0.421. The summed E-state index contributed by atoms with van der Waals surface area (Å²) in [5.41, 5.74) is 2.02. The smallest absolute Gasteiger partial charge is 0.319 e. The van der Waals surface area contributed by atoms with Crippen molar-refractivity contribution >= 4 is 17.7 Å². The van der Waals surface area contributed by atoms with Crippen molar-refractivity contribution in [1.29, 1.82) is 0 Å². The number of amides is 2. The van der Waals surface area contributed by atoms with Crippen LogP contribution in [0.4, 0.5) is 16.4 Å². The number of rotatable bonds is 6. The molecule has 0 atom stereocenters. The zero-order valence-corrected chi connectivity index (χ0v) is 15.2. The Morgan fingerprint density at radius 2 is 1.81 bits per heavy atom. The summed E-state index contributed by atoms with van der Waals surface area (Å²) in [4.78, 5) is 25.2. The van der Waals surface area contributed by atoms with E-state index in [4.69, 9.17) is 0 Å². The molecule has 1 saturated heterocycles. The van der Waals surface area contributed by atoms with Gasteiger partial charge in [-0.15, -0.1) is 0 Å². The molecule has 1 aliphatic rings. The van der Waals surface area contributed by atoms with Gasteiger partial charge in [0.15, 0.2) is 0 Å². The van der Waals surface area contributed by atoms with Crippen molar-refractivity contribution in [1.82, 2.24) is 20.2 Å². The summed E-state index contributed by atoms with van der Waals surface area (Å²) in [5.74, 6) is 0.791. The third-order valence-electron chi connectivity index (χ3n) is 4.57. The Labute approximate surface area is 154 Å². The summed E-state index contributed by atoms with van der Waals surface area (Å²) in [6.07, 6.45) is 4.44. The molecule has 0 saturated carbocycles. The van der Waals surface area contributed by atoms with Gasteiger partial charge in [-0.3, -0.25) is 4.90 Å². The number of aromatic nitrogens is 2. The number of hydrogen-bond donors (Lipinski definition) is 2. The Bertz CT molecular complexity index is 700. The number of nitrogens with zero attached hydrogens (tertiary/aromatic N) is 4. The SMILES string of the molecule is CCc1ccccc1NC(=O)NCCN1CCN(c2ncccn2)CC1. The van der Waals surface area contributed by atoms with E-state index < -0.39 is 0 Å². The van der Waals surface area contributed by atoms with Crippen LogP contribution in [0, 0.1) is 0 Å². The minimum Gasteiger partial charge on any atom is -0.338 e. The van der Waals surface area contributed by atoms with Gasteiger partial charge in [-0.2, -0.15) is 0 Å². The molecule has 2 amide bonds. The van der Waals surface area contributed by atoms with Crippen LogP contribution in [-0.4, -0.2) is 60.2 Å². The van der Waals surface area contributed by atoms with Crippen LogP contribution in [0.25, 0.3) is 0 Å². The number of aryl methyl sites for hydroxylation is 1. The highest BCUT2D eigenvalue weighted by molar-refractivity contribution is 5.90. The maximum Gasteiger partial charge on any atom is 0.319 e. The molecule has 7 nitrogen and oxygen atoms in total. The minimum atomic E-state index is -0.151. The molecule has 0 bridgehead atoms. The average Bonchev–Trinajstić information content (AvgIpc) is 2.69. The molecule has 2 N–H and O–H groups in total. The lowest BCUT2D eigenvalue weighted by Crippen LogP contribution is -2.49. The van der Waals surface area contributed by atoms with Crippen LogP contribution < -0.4 is 15.5 Å². The standard InChI is InChI=1S/C19H26N6O/c1-2-16-6-3-4-7-17(16)23-19(26)22-10-11-24-12-14-25(15-13-24)18-20-8-5-9-21-18/h3-9H,2,10-15H2,1H3,(H2,22,23,26). The summed E-state index contributed by atoms with van der Waals surface area (Å²) >= 11 is 0. The predicted molar refractivity (Wildman–Crippen MR) is 104 cm³/mol. The Kier molecular flexibility index (Phi) is 6.38. The van der Waals surface area contributed by atoms with Crippen LogP contribution in [0.15, 0.2) is 42.7 Å². The van der Waals surface area contributed by atoms with E-state index >= 15 is 0 Å². The van der Waals surface area contributed by atoms with Gasteiger partial charge in [0.1, 0.15) is 0 Å². The summed E-state index contributed by atoms with van der Waals surface area (Å²) in [6.45, 7) is 7.24. The quantitative estimate of drug-likeness (QED) is 0.830. The number of para-hydroxylation sites is 1. The number of carbonyl (C=O) groups excluding carboxylic acids is 1. The van der Waals surface area contributed by atoms with Crippen LogP contribution in [0.5, 0.6) is 0 Å². The van der Waals surface area contributed by atoms with E-state index in [1.807, 2.05) is 30.3 Å². The summed E-state index contributed by atoms with van der Waals surface area (Å²) in [7, 11) is 0. The fourth-order valence-electron chi connectivity index (χ4n) is 3.07. The van der Waals surface area contributed by atoms with E-state index in [-0.39, 0.29) is 6.03 Å². The van der Waals surface area contributed by atoms with Crippen LogP contribution in [0.3, 0.4) is 0 Å². The number of piperazine rings is 1. The molecule has 0 unspecified atom stereocenters. The molecule has 138 valence electrons. The number of carbonyl (C=O) groups is 1. The topological polar surface area (TPSA) is 73.4 Å². The first-order valence-corrected chi connectivity index (χ1v) is 9.13. The predicted octanol–water partition coefficient (Wildman–Crippen LogP) is 1.98. The first kappa shape index (κ1) is 18.1. The van der Waals surface area contributed by atoms with Gasteiger partial charge in [-0.25, -0.2) is 14.8 Å². The Balaban J connectivity index is 1.37. The number of hydrogen-bond acceptors (Lipinski definition) is 5. The van der Waals surface area contributed by atoms with Crippen molar-refractivity contribution in [2.24, 2.45) is 0 Å². The molecule has 26 heavy (non-hydrogen) atoms. The van der Waals surface area contributed by atoms with E-state index in [9.17, 15) is 4.79 Å². The Morgan fingerprint density at radius 3 is 2.54 bits per heavy atom. The molecular weight excluding hydrogens is 328 g/mol. The minimum absolute atomic E-state index is 0.151. The second-order valence-electron chi connectivity index (χ2n) is 6.27. The molecule has 0 spiro atoms. The molecule has 0 aliphatic carbocycles. The number of benzene rings is 1. The largest absolute Gasteiger partial charge is 0.338 e. The first-order chi connectivity index (χ1) is 12.8. The summed E-state index contributed by atoms with van der Waals surface area (Å²) in [6, 6.07) is 9.57. The molecule has 1 aromatic carbocycles. The molecule has 1 aliphatic heterocycles. The Hall–Kier alpha value is -2.67. The number of nitrogens with one attached hydrogen (secondary N) is 2. The van der Waals surface area contributed by atoms with Gasteiger partial charge in [0, 0.05) is 57.3 Å². The average molecular weight is 354 g/mol. The van der Waals surface area contributed by atoms with E-state index in [0.29, 0.717) is 6.54 Å². The second kappa shape index (κ2) is 9.15. The van der Waals surface area contributed by atoms with E-state index in [2.05, 4.69) is 37.3 Å². The molecule has 2 aromatic rings. The van der Waals surface area contributed by atoms with Crippen molar-refractivity contribution in [2.45, 2.75) is 13.3 Å². The van der Waals surface area contributed by atoms with E-state index in [1.54, 1.807) is 12.4 Å². The van der Waals surface area contributed by atoms with Crippen LogP contribution in [-0.2, 0) is 6.42 Å². The molecular formula is C19H26N6O. The van der Waals surface area contributed by atoms with Gasteiger partial charge in [-0.05, 0) is 24.1 Å². The highest BCUT2D eigenvalue weighted by Crippen LogP contribution is 2.15. The van der Waals surface area contributed by atoms with Crippen molar-refractivity contribution in [2.75, 3.05) is 49.5 Å². The molecule has 3 rings (SSSR count). The lowest BCUT2D eigenvalue weighted by molar-refractivity contribution is 0.240. The lowest BCUT2D eigenvalue weighted by Gasteiger charge is -2.34. The van der Waals surface area contributed by atoms with Crippen molar-refractivity contribution < 1.29 is 4.79 Å². The molecule has 2 heterocycles. The van der Waals surface area contributed by atoms with E-state index in [0.717, 1.165) is 56.3 Å². The van der Waals surface area contributed by atoms with Gasteiger partial charge >= 0.3 is 6.03 Å². The fourth-order valence-corrected chi connectivity index (χ4v) is 3.07. The van der Waals surface area contributed by atoms with Gasteiger partial charge in [0.05, 0.1) is 0 Å². The molecule has 0 radical (unpaired) electrons. The normalized spacial score (nSPS) is 14.9. The summed E-state index contributed by atoms with van der Waals surface area (Å²) in [5, 5.41) is 5.88. The van der Waals surface area contributed by atoms with Crippen molar-refractivity contribution in [3.63, 3.8) is 0 Å². The van der Waals surface area contributed by atoms with E-state index in [1.165, 1.54) is 0 Å². The third-order valence-corrected chi connectivity index (χ3v) is 4.57. The summed E-state index contributed by atoms with van der Waals surface area (Å²) < 4.78 is 0. The first-order valence-electron chi connectivity index (χ1n) is 9.13. The van der Waals surface area contributed by atoms with Gasteiger partial charge in [0.25, 0.3) is 0 Å². The van der Waals surface area contributed by atoms with Gasteiger partial charge < -0.3 is 15.5 Å². The zero-order valence-electron chi connectivity index (χ0n) is 15.2. The van der Waals surface area contributed by atoms with Crippen molar-refractivity contribution in [3.8, 4) is 0 Å². The third kappa shape index (κ3) is 4.92. The van der Waals surface area contributed by atoms with Gasteiger partial charge in [-0.1, -0.05) is 25.1 Å². The van der Waals surface area contributed by atoms with Gasteiger partial charge in [0.2, 0.25) is 5.95 Å². The van der Waals surface area contributed by atoms with Crippen LogP contribution in [0.2, 0.25) is 0 Å². The highest BCUT2D eigenvalue weighted by Gasteiger charge is 2.18. The van der Waals surface area contributed by atoms with Crippen LogP contribution in [0.1, 0.15) is 12.5 Å². The highest BCUT2D eigenvalue weighted by atomic mass is 16.2. The Morgan fingerprint density at radius 1 is 1.08 bits per heavy atom. The molecule has 1 aromatic heterocycles. The zero-order chi connectivity index (χ0) is 18.2. The molecule has 7 heteroatoms. The lowest BCUT2D eigenvalue weighted by atomic mass is 10.1. The maximum atomic E-state index is 12.1. The number of urea groups is 1. The molecule has 1 fully saturated rings. The number of anilines is 2.